The van der Waals surface area contributed by atoms with E-state index in [-0.39, 0.29) is 11.1 Å². The van der Waals surface area contributed by atoms with Crippen molar-refractivity contribution in [1.82, 2.24) is 15.5 Å². The van der Waals surface area contributed by atoms with Crippen LogP contribution in [0.5, 0.6) is 0 Å². The second kappa shape index (κ2) is 8.41. The van der Waals surface area contributed by atoms with Crippen molar-refractivity contribution < 1.29 is 19.5 Å². The van der Waals surface area contributed by atoms with Crippen LogP contribution in [0.15, 0.2) is 11.1 Å². The molecule has 0 saturated carbocycles. The quantitative estimate of drug-likeness (QED) is 0.495. The van der Waals surface area contributed by atoms with E-state index < -0.39 is 17.9 Å². The molecule has 0 spiro atoms. The Bertz CT molecular complexity index is 440. The maximum Gasteiger partial charge on any atom is 0.331 e. The molecule has 0 unspecified atom stereocenters. The van der Waals surface area contributed by atoms with Gasteiger partial charge in [-0.2, -0.15) is 0 Å². The SMILES string of the molecule is CC(C(=O)O)=C(C)C(=O)NC(=O)NCCCN1CCCC1. The number of nitrogens with zero attached hydrogens (tertiary/aromatic N) is 1. The van der Waals surface area contributed by atoms with E-state index >= 15 is 0 Å². The van der Waals surface area contributed by atoms with Gasteiger partial charge >= 0.3 is 12.0 Å². The van der Waals surface area contributed by atoms with Gasteiger partial charge in [0.1, 0.15) is 0 Å². The molecular formula is C14H23N3O4. The fourth-order valence-electron chi connectivity index (χ4n) is 2.08. The lowest BCUT2D eigenvalue weighted by atomic mass is 10.1. The molecule has 3 amide bonds. The van der Waals surface area contributed by atoms with Crippen molar-refractivity contribution in [1.29, 1.82) is 0 Å². The van der Waals surface area contributed by atoms with E-state index in [2.05, 4.69) is 15.5 Å². The molecule has 3 N–H and O–H groups in total. The smallest absolute Gasteiger partial charge is 0.331 e. The maximum absolute atomic E-state index is 11.6. The third-order valence-electron chi connectivity index (χ3n) is 3.59. The van der Waals surface area contributed by atoms with Crippen molar-refractivity contribution in [3.63, 3.8) is 0 Å². The number of urea groups is 1. The molecule has 0 aromatic heterocycles. The van der Waals surface area contributed by atoms with Gasteiger partial charge in [-0.1, -0.05) is 0 Å². The maximum atomic E-state index is 11.6. The lowest BCUT2D eigenvalue weighted by Crippen LogP contribution is -2.41. The second-order valence-corrected chi connectivity index (χ2v) is 5.17. The predicted molar refractivity (Wildman–Crippen MR) is 77.8 cm³/mol. The molecule has 0 aromatic carbocycles. The highest BCUT2D eigenvalue weighted by Crippen LogP contribution is 2.07. The van der Waals surface area contributed by atoms with E-state index in [0.717, 1.165) is 26.1 Å². The number of carbonyl (C=O) groups is 3. The van der Waals surface area contributed by atoms with Crippen LogP contribution >= 0.6 is 0 Å². The Balaban J connectivity index is 2.25. The summed E-state index contributed by atoms with van der Waals surface area (Å²) in [5.41, 5.74) is -0.0518. The van der Waals surface area contributed by atoms with Crippen LogP contribution in [-0.2, 0) is 9.59 Å². The molecule has 1 heterocycles. The molecule has 0 atom stereocenters. The highest BCUT2D eigenvalue weighted by Gasteiger charge is 2.15. The molecule has 0 aliphatic carbocycles. The van der Waals surface area contributed by atoms with Gasteiger partial charge in [0.15, 0.2) is 0 Å². The number of imide groups is 1. The third kappa shape index (κ3) is 5.95. The zero-order valence-corrected chi connectivity index (χ0v) is 12.6. The highest BCUT2D eigenvalue weighted by molar-refractivity contribution is 6.07. The summed E-state index contributed by atoms with van der Waals surface area (Å²) in [6.45, 7) is 6.35. The van der Waals surface area contributed by atoms with Crippen LogP contribution in [0.3, 0.4) is 0 Å². The van der Waals surface area contributed by atoms with Gasteiger partial charge in [0.2, 0.25) is 0 Å². The molecule has 1 aliphatic heterocycles. The van der Waals surface area contributed by atoms with E-state index in [4.69, 9.17) is 5.11 Å². The van der Waals surface area contributed by atoms with Gasteiger partial charge in [0.05, 0.1) is 0 Å². The van der Waals surface area contributed by atoms with Crippen molar-refractivity contribution in [2.24, 2.45) is 0 Å². The Hall–Kier alpha value is -1.89. The Kier molecular flexibility index (Phi) is 6.87. The summed E-state index contributed by atoms with van der Waals surface area (Å²) in [4.78, 5) is 36.2. The number of likely N-dealkylation sites (tertiary alicyclic amines) is 1. The van der Waals surface area contributed by atoms with Crippen LogP contribution in [0.2, 0.25) is 0 Å². The van der Waals surface area contributed by atoms with E-state index in [0.29, 0.717) is 6.54 Å². The van der Waals surface area contributed by atoms with Crippen molar-refractivity contribution in [2.75, 3.05) is 26.2 Å². The van der Waals surface area contributed by atoms with E-state index in [1.807, 2.05) is 0 Å². The number of hydrogen-bond donors (Lipinski definition) is 3. The average Bonchev–Trinajstić information content (AvgIpc) is 2.94. The minimum absolute atomic E-state index is 0.0229. The summed E-state index contributed by atoms with van der Waals surface area (Å²) >= 11 is 0. The van der Waals surface area contributed by atoms with Crippen LogP contribution < -0.4 is 10.6 Å². The average molecular weight is 297 g/mol. The molecule has 118 valence electrons. The first-order valence-corrected chi connectivity index (χ1v) is 7.14. The topological polar surface area (TPSA) is 98.7 Å². The molecule has 0 aromatic rings. The third-order valence-corrected chi connectivity index (χ3v) is 3.59. The van der Waals surface area contributed by atoms with Gasteiger partial charge < -0.3 is 15.3 Å². The second-order valence-electron chi connectivity index (χ2n) is 5.17. The van der Waals surface area contributed by atoms with Gasteiger partial charge in [0.25, 0.3) is 5.91 Å². The number of nitrogens with one attached hydrogen (secondary N) is 2. The number of carbonyl (C=O) groups excluding carboxylic acids is 2. The molecule has 7 heteroatoms. The predicted octanol–water partition coefficient (Wildman–Crippen LogP) is 0.719. The first-order valence-electron chi connectivity index (χ1n) is 7.14. The summed E-state index contributed by atoms with van der Waals surface area (Å²) in [6.07, 6.45) is 3.29. The summed E-state index contributed by atoms with van der Waals surface area (Å²) < 4.78 is 0. The number of hydrogen-bond acceptors (Lipinski definition) is 4. The first-order chi connectivity index (χ1) is 9.91. The molecule has 1 saturated heterocycles. The Morgan fingerprint density at radius 2 is 1.71 bits per heavy atom. The minimum atomic E-state index is -1.17. The molecule has 21 heavy (non-hydrogen) atoms. The molecule has 1 rings (SSSR count). The van der Waals surface area contributed by atoms with Crippen molar-refractivity contribution in [3.05, 3.63) is 11.1 Å². The Morgan fingerprint density at radius 3 is 2.29 bits per heavy atom. The molecule has 1 fully saturated rings. The van der Waals surface area contributed by atoms with Crippen molar-refractivity contribution in [3.8, 4) is 0 Å². The lowest BCUT2D eigenvalue weighted by Gasteiger charge is -2.14. The molecule has 0 bridgehead atoms. The van der Waals surface area contributed by atoms with E-state index in [1.165, 1.54) is 26.7 Å². The number of amides is 3. The summed E-state index contributed by atoms with van der Waals surface area (Å²) in [5, 5.41) is 13.5. The van der Waals surface area contributed by atoms with Crippen LogP contribution in [-0.4, -0.2) is 54.1 Å². The minimum Gasteiger partial charge on any atom is -0.478 e. The van der Waals surface area contributed by atoms with Crippen LogP contribution in [0.4, 0.5) is 4.79 Å². The van der Waals surface area contributed by atoms with E-state index in [9.17, 15) is 14.4 Å². The number of aliphatic carboxylic acids is 1. The normalized spacial score (nSPS) is 16.3. The fourth-order valence-corrected chi connectivity index (χ4v) is 2.08. The summed E-state index contributed by atoms with van der Waals surface area (Å²) in [7, 11) is 0. The van der Waals surface area contributed by atoms with Crippen LogP contribution in [0.1, 0.15) is 33.1 Å². The number of rotatable bonds is 6. The number of carboxylic acid groups (broad SMARTS) is 1. The molecule has 0 radical (unpaired) electrons. The number of carboxylic acids is 1. The zero-order valence-electron chi connectivity index (χ0n) is 12.6. The van der Waals surface area contributed by atoms with Crippen LogP contribution in [0, 0.1) is 0 Å². The van der Waals surface area contributed by atoms with Crippen LogP contribution in [0.25, 0.3) is 0 Å². The van der Waals surface area contributed by atoms with Crippen molar-refractivity contribution >= 4 is 17.9 Å². The van der Waals surface area contributed by atoms with Gasteiger partial charge in [-0.05, 0) is 52.7 Å². The summed E-state index contributed by atoms with van der Waals surface area (Å²) in [5.74, 6) is -1.86. The Labute approximate surface area is 124 Å². The summed E-state index contributed by atoms with van der Waals surface area (Å²) in [6, 6.07) is -0.598. The first kappa shape index (κ1) is 17.2. The molecule has 1 aliphatic rings. The van der Waals surface area contributed by atoms with Crippen molar-refractivity contribution in [2.45, 2.75) is 33.1 Å². The zero-order chi connectivity index (χ0) is 15.8. The monoisotopic (exact) mass is 297 g/mol. The fraction of sp³-hybridized carbons (Fsp3) is 0.643. The Morgan fingerprint density at radius 1 is 1.10 bits per heavy atom. The highest BCUT2D eigenvalue weighted by atomic mass is 16.4. The van der Waals surface area contributed by atoms with Gasteiger partial charge in [-0.25, -0.2) is 9.59 Å². The van der Waals surface area contributed by atoms with Gasteiger partial charge in [0, 0.05) is 17.7 Å². The standard InChI is InChI=1S/C14H23N3O4/c1-10(11(2)13(19)20)12(18)16-14(21)15-6-5-9-17-7-3-4-8-17/h3-9H2,1-2H3,(H,19,20)(H2,15,16,18,21). The lowest BCUT2D eigenvalue weighted by molar-refractivity contribution is -0.133. The van der Waals surface area contributed by atoms with Gasteiger partial charge in [-0.15, -0.1) is 0 Å². The molecule has 7 nitrogen and oxygen atoms in total. The largest absolute Gasteiger partial charge is 0.478 e. The van der Waals surface area contributed by atoms with Gasteiger partial charge in [-0.3, -0.25) is 10.1 Å². The molecular weight excluding hydrogens is 274 g/mol. The van der Waals surface area contributed by atoms with E-state index in [1.54, 1.807) is 0 Å².